The van der Waals surface area contributed by atoms with E-state index in [0.717, 1.165) is 38.5 Å². The van der Waals surface area contributed by atoms with Crippen molar-refractivity contribution in [2.75, 3.05) is 26.4 Å². The van der Waals surface area contributed by atoms with Crippen molar-refractivity contribution in [2.24, 2.45) is 0 Å². The molecule has 86 heavy (non-hydrogen) atoms. The first kappa shape index (κ1) is 78.5. The first-order valence-electron chi connectivity index (χ1n) is 34.6. The predicted molar refractivity (Wildman–Crippen MR) is 333 cm³/mol. The van der Waals surface area contributed by atoms with Crippen molar-refractivity contribution < 1.29 is 89.4 Å². The number of carbonyl (C=O) groups excluding carboxylic acids is 1. The topological polar surface area (TPSA) is 307 Å². The lowest BCUT2D eigenvalue weighted by Gasteiger charge is -2.48. The number of amides is 1. The SMILES string of the molecule is CCC/C=C/CC/C=C/C(O)C(COC1OC(CO)C(OC2OC(CO)C(OC3OC(CO)C(O)C(O)C3O)C(O)C2O)C(O)C1O)NC(=O)CCCCCCCCCCCCCCCCCCCCCCCCCCCCCCCCCCCC. The standard InChI is InChI=1S/C67H125NO18/c1-3-5-7-9-11-12-13-14-15-16-17-18-19-20-21-22-23-24-25-26-27-28-29-30-31-32-33-34-35-36-37-39-41-43-45-55(73)68-50(51(72)44-42-40-38-10-8-6-4-2)49-81-65-61(79)58(76)63(53(47-70)83-65)86-67-62(80)59(77)64(54(48-71)84-67)85-66-60(78)57(75)56(74)52(46-69)82-66/h8,10,42,44,50-54,56-67,69-72,74-80H,3-7,9,11-41,43,45-49H2,1-2H3,(H,68,73)/b10-8+,44-42+. The van der Waals surface area contributed by atoms with E-state index in [1.54, 1.807) is 6.08 Å². The number of allylic oxidation sites excluding steroid dienone is 3. The van der Waals surface area contributed by atoms with Crippen LogP contribution in [0.1, 0.15) is 264 Å². The fraction of sp³-hybridized carbons (Fsp3) is 0.925. The molecule has 506 valence electrons. The van der Waals surface area contributed by atoms with Crippen molar-refractivity contribution in [3.63, 3.8) is 0 Å². The molecule has 3 aliphatic heterocycles. The third kappa shape index (κ3) is 32.0. The Balaban J connectivity index is 1.28. The summed E-state index contributed by atoms with van der Waals surface area (Å²) >= 11 is 0. The van der Waals surface area contributed by atoms with Crippen LogP contribution in [0.15, 0.2) is 24.3 Å². The molecule has 3 fully saturated rings. The van der Waals surface area contributed by atoms with Crippen LogP contribution in [0, 0.1) is 0 Å². The van der Waals surface area contributed by atoms with Gasteiger partial charge in [-0.15, -0.1) is 0 Å². The minimum absolute atomic E-state index is 0.239. The van der Waals surface area contributed by atoms with Gasteiger partial charge in [0.05, 0.1) is 38.6 Å². The molecule has 19 nitrogen and oxygen atoms in total. The molecule has 12 N–H and O–H groups in total. The van der Waals surface area contributed by atoms with Gasteiger partial charge in [0, 0.05) is 6.42 Å². The Morgan fingerprint density at radius 3 is 1.14 bits per heavy atom. The summed E-state index contributed by atoms with van der Waals surface area (Å²) < 4.78 is 34.2. The van der Waals surface area contributed by atoms with E-state index in [0.29, 0.717) is 12.8 Å². The quantitative estimate of drug-likeness (QED) is 0.0200. The van der Waals surface area contributed by atoms with E-state index in [4.69, 9.17) is 28.4 Å². The third-order valence-corrected chi connectivity index (χ3v) is 17.5. The fourth-order valence-electron chi connectivity index (χ4n) is 11.9. The van der Waals surface area contributed by atoms with Crippen LogP contribution < -0.4 is 5.32 Å². The molecule has 19 heteroatoms. The lowest BCUT2D eigenvalue weighted by atomic mass is 9.96. The summed E-state index contributed by atoms with van der Waals surface area (Å²) in [7, 11) is 0. The van der Waals surface area contributed by atoms with Crippen molar-refractivity contribution in [1.82, 2.24) is 5.32 Å². The van der Waals surface area contributed by atoms with E-state index in [2.05, 4.69) is 31.3 Å². The first-order chi connectivity index (χ1) is 41.8. The van der Waals surface area contributed by atoms with Crippen LogP contribution in [-0.4, -0.2) is 193 Å². The molecule has 3 aliphatic rings. The van der Waals surface area contributed by atoms with Crippen molar-refractivity contribution in [3.05, 3.63) is 24.3 Å². The normalized spacial score (nSPS) is 28.9. The maximum Gasteiger partial charge on any atom is 0.220 e. The van der Waals surface area contributed by atoms with Gasteiger partial charge in [-0.1, -0.05) is 256 Å². The monoisotopic (exact) mass is 1230 g/mol. The molecule has 0 radical (unpaired) electrons. The maximum absolute atomic E-state index is 13.3. The first-order valence-corrected chi connectivity index (χ1v) is 34.6. The van der Waals surface area contributed by atoms with Crippen LogP contribution in [0.5, 0.6) is 0 Å². The van der Waals surface area contributed by atoms with E-state index < -0.39 is 124 Å². The van der Waals surface area contributed by atoms with E-state index >= 15 is 0 Å². The van der Waals surface area contributed by atoms with Gasteiger partial charge in [0.2, 0.25) is 5.91 Å². The lowest BCUT2D eigenvalue weighted by Crippen LogP contribution is -2.66. The predicted octanol–water partition coefficient (Wildman–Crippen LogP) is 8.66. The third-order valence-electron chi connectivity index (χ3n) is 17.5. The molecule has 3 rings (SSSR count). The summed E-state index contributed by atoms with van der Waals surface area (Å²) in [6, 6.07) is -0.983. The van der Waals surface area contributed by atoms with Gasteiger partial charge in [-0.2, -0.15) is 0 Å². The fourth-order valence-corrected chi connectivity index (χ4v) is 11.9. The van der Waals surface area contributed by atoms with E-state index in [9.17, 15) is 61.0 Å². The Labute approximate surface area is 518 Å². The Hall–Kier alpha value is -1.73. The molecule has 0 saturated carbocycles. The average molecular weight is 1230 g/mol. The van der Waals surface area contributed by atoms with E-state index in [1.807, 2.05) is 6.08 Å². The van der Waals surface area contributed by atoms with Gasteiger partial charge in [0.15, 0.2) is 18.9 Å². The number of ether oxygens (including phenoxy) is 6. The zero-order chi connectivity index (χ0) is 62.6. The average Bonchev–Trinajstić information content (AvgIpc) is 1.44. The van der Waals surface area contributed by atoms with Crippen LogP contribution >= 0.6 is 0 Å². The van der Waals surface area contributed by atoms with Gasteiger partial charge >= 0.3 is 0 Å². The largest absolute Gasteiger partial charge is 0.394 e. The maximum atomic E-state index is 13.3. The molecule has 0 bridgehead atoms. The highest BCUT2D eigenvalue weighted by atomic mass is 16.8. The molecular weight excluding hydrogens is 1110 g/mol. The summed E-state index contributed by atoms with van der Waals surface area (Å²) in [6.07, 6.45) is 29.8. The number of unbranched alkanes of at least 4 members (excludes halogenated alkanes) is 35. The van der Waals surface area contributed by atoms with Gasteiger partial charge in [-0.3, -0.25) is 4.79 Å². The highest BCUT2D eigenvalue weighted by molar-refractivity contribution is 5.76. The molecule has 1 amide bonds. The number of carbonyl (C=O) groups is 1. The lowest BCUT2D eigenvalue weighted by molar-refractivity contribution is -0.379. The van der Waals surface area contributed by atoms with Crippen LogP contribution in [-0.2, 0) is 33.2 Å². The smallest absolute Gasteiger partial charge is 0.220 e. The van der Waals surface area contributed by atoms with Crippen molar-refractivity contribution >= 4 is 5.91 Å². The van der Waals surface area contributed by atoms with Gasteiger partial charge in [0.1, 0.15) is 73.2 Å². The Bertz CT molecular complexity index is 1660. The molecule has 0 aromatic carbocycles. The summed E-state index contributed by atoms with van der Waals surface area (Å²) in [5.41, 5.74) is 0. The Morgan fingerprint density at radius 1 is 0.407 bits per heavy atom. The minimum atomic E-state index is -1.98. The number of rotatable bonds is 53. The molecule has 3 heterocycles. The second kappa shape index (κ2) is 49.9. The number of hydrogen-bond donors (Lipinski definition) is 12. The molecule has 0 aromatic rings. The van der Waals surface area contributed by atoms with Crippen molar-refractivity contribution in [1.29, 1.82) is 0 Å². The zero-order valence-corrected chi connectivity index (χ0v) is 53.3. The van der Waals surface area contributed by atoms with Crippen molar-refractivity contribution in [2.45, 2.75) is 369 Å². The summed E-state index contributed by atoms with van der Waals surface area (Å²) in [4.78, 5) is 13.3. The summed E-state index contributed by atoms with van der Waals surface area (Å²) in [6.45, 7) is 1.60. The Morgan fingerprint density at radius 2 is 0.744 bits per heavy atom. The van der Waals surface area contributed by atoms with Crippen LogP contribution in [0.3, 0.4) is 0 Å². The molecule has 0 aromatic heterocycles. The number of aliphatic hydroxyl groups is 11. The number of aliphatic hydroxyl groups excluding tert-OH is 11. The summed E-state index contributed by atoms with van der Waals surface area (Å²) in [5, 5.41) is 120. The molecule has 3 saturated heterocycles. The minimum Gasteiger partial charge on any atom is -0.394 e. The second-order valence-corrected chi connectivity index (χ2v) is 25.0. The van der Waals surface area contributed by atoms with Crippen LogP contribution in [0.2, 0.25) is 0 Å². The van der Waals surface area contributed by atoms with E-state index in [-0.39, 0.29) is 18.9 Å². The van der Waals surface area contributed by atoms with Gasteiger partial charge in [-0.25, -0.2) is 0 Å². The second-order valence-electron chi connectivity index (χ2n) is 25.0. The highest BCUT2D eigenvalue weighted by Crippen LogP contribution is 2.33. The number of nitrogens with one attached hydrogen (secondary N) is 1. The Kier molecular flexibility index (Phi) is 45.6. The molecule has 17 atom stereocenters. The number of hydrogen-bond acceptors (Lipinski definition) is 18. The zero-order valence-electron chi connectivity index (χ0n) is 53.3. The van der Waals surface area contributed by atoms with E-state index in [1.165, 1.54) is 193 Å². The van der Waals surface area contributed by atoms with Gasteiger partial charge in [-0.05, 0) is 25.7 Å². The van der Waals surface area contributed by atoms with Gasteiger partial charge in [0.25, 0.3) is 0 Å². The highest BCUT2D eigenvalue weighted by Gasteiger charge is 2.53. The molecule has 0 aliphatic carbocycles. The molecule has 17 unspecified atom stereocenters. The molecular formula is C67H125NO18. The van der Waals surface area contributed by atoms with Gasteiger partial charge < -0.3 is 89.9 Å². The summed E-state index contributed by atoms with van der Waals surface area (Å²) in [5.74, 6) is -0.286. The van der Waals surface area contributed by atoms with Crippen molar-refractivity contribution in [3.8, 4) is 0 Å². The van der Waals surface area contributed by atoms with Crippen LogP contribution in [0.25, 0.3) is 0 Å². The molecule has 0 spiro atoms. The van der Waals surface area contributed by atoms with Crippen LogP contribution in [0.4, 0.5) is 0 Å².